The molecule has 0 radical (unpaired) electrons. The average molecular weight is 284 g/mol. The Balaban J connectivity index is 2.41. The predicted molar refractivity (Wildman–Crippen MR) is 80.8 cm³/mol. The van der Waals surface area contributed by atoms with Crippen LogP contribution in [-0.4, -0.2) is 44.0 Å². The zero-order valence-electron chi connectivity index (χ0n) is 12.0. The first-order valence-corrected chi connectivity index (χ1v) is 6.71. The topological polar surface area (TPSA) is 44.4 Å². The number of likely N-dealkylation sites (N-methyl/N-ethyl adjacent to an activating group) is 1. The van der Waals surface area contributed by atoms with Crippen molar-refractivity contribution in [1.82, 2.24) is 10.2 Å². The van der Waals surface area contributed by atoms with Gasteiger partial charge in [0, 0.05) is 23.3 Å². The number of hydrogen-bond acceptors (Lipinski definition) is 3. The van der Waals surface area contributed by atoms with Crippen molar-refractivity contribution in [3.63, 3.8) is 0 Å². The fraction of sp³-hybridized carbons (Fsp3) is 0.500. The number of aryl methyl sites for hydroxylation is 1. The third-order valence-electron chi connectivity index (χ3n) is 3.08. The first-order chi connectivity index (χ1) is 8.90. The molecular formula is C14H22ClN3O. The Morgan fingerprint density at radius 1 is 1.42 bits per heavy atom. The van der Waals surface area contributed by atoms with Crippen LogP contribution in [0.3, 0.4) is 0 Å². The maximum atomic E-state index is 11.8. The zero-order valence-corrected chi connectivity index (χ0v) is 12.7. The summed E-state index contributed by atoms with van der Waals surface area (Å²) in [7, 11) is 4.03. The van der Waals surface area contributed by atoms with Gasteiger partial charge in [0.25, 0.3) is 0 Å². The van der Waals surface area contributed by atoms with E-state index < -0.39 is 0 Å². The average Bonchev–Trinajstić information content (AvgIpc) is 2.33. The number of anilines is 1. The van der Waals surface area contributed by atoms with E-state index in [4.69, 9.17) is 11.6 Å². The van der Waals surface area contributed by atoms with Crippen molar-refractivity contribution < 1.29 is 4.79 Å². The minimum Gasteiger partial charge on any atom is -0.325 e. The summed E-state index contributed by atoms with van der Waals surface area (Å²) in [6.45, 7) is 5.11. The van der Waals surface area contributed by atoms with Crippen molar-refractivity contribution in [2.75, 3.05) is 32.5 Å². The van der Waals surface area contributed by atoms with Gasteiger partial charge in [-0.3, -0.25) is 4.79 Å². The van der Waals surface area contributed by atoms with E-state index in [0.717, 1.165) is 17.8 Å². The number of hydrogen-bond donors (Lipinski definition) is 2. The van der Waals surface area contributed by atoms with Crippen LogP contribution in [0.2, 0.25) is 5.02 Å². The van der Waals surface area contributed by atoms with Crippen molar-refractivity contribution in [2.24, 2.45) is 0 Å². The number of carbonyl (C=O) groups excluding carboxylic acids is 1. The van der Waals surface area contributed by atoms with Crippen molar-refractivity contribution >= 4 is 23.2 Å². The molecule has 0 saturated heterocycles. The Labute approximate surface area is 120 Å². The molecule has 0 fully saturated rings. The fourth-order valence-corrected chi connectivity index (χ4v) is 1.67. The molecule has 5 heteroatoms. The smallest absolute Gasteiger partial charge is 0.238 e. The molecule has 1 amide bonds. The summed E-state index contributed by atoms with van der Waals surface area (Å²) in [5.74, 6) is -0.0590. The van der Waals surface area contributed by atoms with E-state index in [9.17, 15) is 4.79 Å². The normalized spacial score (nSPS) is 12.5. The Kier molecular flexibility index (Phi) is 6.28. The van der Waals surface area contributed by atoms with Gasteiger partial charge in [0.05, 0.1) is 6.54 Å². The summed E-state index contributed by atoms with van der Waals surface area (Å²) in [6, 6.07) is 5.85. The molecule has 0 spiro atoms. The maximum absolute atomic E-state index is 11.8. The lowest BCUT2D eigenvalue weighted by atomic mass is 10.2. The zero-order chi connectivity index (χ0) is 14.4. The van der Waals surface area contributed by atoms with Crippen LogP contribution in [0, 0.1) is 6.92 Å². The molecule has 0 aliphatic heterocycles. The van der Waals surface area contributed by atoms with Gasteiger partial charge < -0.3 is 15.5 Å². The highest BCUT2D eigenvalue weighted by Crippen LogP contribution is 2.19. The molecule has 0 saturated carbocycles. The van der Waals surface area contributed by atoms with Crippen LogP contribution in [0.5, 0.6) is 0 Å². The standard InChI is InChI=1S/C14H22ClN3O/c1-10-5-6-12(15)7-13(10)17-14(19)9-16-8-11(2)18(3)4/h5-7,11,16H,8-9H2,1-4H3,(H,17,19). The van der Waals surface area contributed by atoms with Crippen molar-refractivity contribution in [1.29, 1.82) is 0 Å². The van der Waals surface area contributed by atoms with Gasteiger partial charge in [0.2, 0.25) is 5.91 Å². The van der Waals surface area contributed by atoms with Crippen LogP contribution >= 0.6 is 11.6 Å². The van der Waals surface area contributed by atoms with E-state index in [0.29, 0.717) is 17.6 Å². The number of rotatable bonds is 6. The molecule has 1 atom stereocenters. The molecule has 0 aliphatic rings. The summed E-state index contributed by atoms with van der Waals surface area (Å²) in [5, 5.41) is 6.61. The van der Waals surface area contributed by atoms with E-state index >= 15 is 0 Å². The van der Waals surface area contributed by atoms with Crippen LogP contribution < -0.4 is 10.6 Å². The second kappa shape index (κ2) is 7.48. The van der Waals surface area contributed by atoms with Crippen molar-refractivity contribution in [2.45, 2.75) is 19.9 Å². The molecule has 0 bridgehead atoms. The molecule has 1 aromatic carbocycles. The third-order valence-corrected chi connectivity index (χ3v) is 3.32. The quantitative estimate of drug-likeness (QED) is 0.841. The highest BCUT2D eigenvalue weighted by atomic mass is 35.5. The first-order valence-electron chi connectivity index (χ1n) is 6.33. The van der Waals surface area contributed by atoms with Gasteiger partial charge in [-0.2, -0.15) is 0 Å². The van der Waals surface area contributed by atoms with Gasteiger partial charge in [0.1, 0.15) is 0 Å². The minimum absolute atomic E-state index is 0.0590. The molecule has 0 aliphatic carbocycles. The van der Waals surface area contributed by atoms with Gasteiger partial charge in [-0.25, -0.2) is 0 Å². The maximum Gasteiger partial charge on any atom is 0.238 e. The largest absolute Gasteiger partial charge is 0.325 e. The number of benzene rings is 1. The molecule has 1 unspecified atom stereocenters. The van der Waals surface area contributed by atoms with Crippen LogP contribution in [0.15, 0.2) is 18.2 Å². The lowest BCUT2D eigenvalue weighted by molar-refractivity contribution is -0.115. The molecule has 4 nitrogen and oxygen atoms in total. The number of nitrogens with one attached hydrogen (secondary N) is 2. The summed E-state index contributed by atoms with van der Waals surface area (Å²) in [4.78, 5) is 13.9. The van der Waals surface area contributed by atoms with E-state index in [2.05, 4.69) is 22.5 Å². The Morgan fingerprint density at radius 2 is 2.11 bits per heavy atom. The molecule has 2 N–H and O–H groups in total. The van der Waals surface area contributed by atoms with E-state index in [-0.39, 0.29) is 5.91 Å². The SMILES string of the molecule is Cc1ccc(Cl)cc1NC(=O)CNCC(C)N(C)C. The number of amides is 1. The molecular weight excluding hydrogens is 262 g/mol. The van der Waals surface area contributed by atoms with Crippen molar-refractivity contribution in [3.05, 3.63) is 28.8 Å². The molecule has 19 heavy (non-hydrogen) atoms. The fourth-order valence-electron chi connectivity index (χ4n) is 1.50. The van der Waals surface area contributed by atoms with Gasteiger partial charge >= 0.3 is 0 Å². The summed E-state index contributed by atoms with van der Waals surface area (Å²) in [5.41, 5.74) is 1.76. The summed E-state index contributed by atoms with van der Waals surface area (Å²) >= 11 is 5.91. The second-order valence-electron chi connectivity index (χ2n) is 4.95. The Morgan fingerprint density at radius 3 is 2.74 bits per heavy atom. The molecule has 1 aromatic rings. The van der Waals surface area contributed by atoms with Gasteiger partial charge in [-0.05, 0) is 45.6 Å². The first kappa shape index (κ1) is 16.0. The lowest BCUT2D eigenvalue weighted by Gasteiger charge is -2.19. The van der Waals surface area contributed by atoms with Gasteiger partial charge in [0.15, 0.2) is 0 Å². The summed E-state index contributed by atoms with van der Waals surface area (Å²) < 4.78 is 0. The Bertz CT molecular complexity index is 435. The second-order valence-corrected chi connectivity index (χ2v) is 5.39. The van der Waals surface area contributed by atoms with Gasteiger partial charge in [-0.15, -0.1) is 0 Å². The number of halogens is 1. The monoisotopic (exact) mass is 283 g/mol. The predicted octanol–water partition coefficient (Wildman–Crippen LogP) is 2.13. The molecule has 1 rings (SSSR count). The Hall–Kier alpha value is -1.10. The van der Waals surface area contributed by atoms with Crippen LogP contribution in [0.4, 0.5) is 5.69 Å². The highest BCUT2D eigenvalue weighted by molar-refractivity contribution is 6.31. The van der Waals surface area contributed by atoms with Crippen molar-refractivity contribution in [3.8, 4) is 0 Å². The highest BCUT2D eigenvalue weighted by Gasteiger charge is 2.07. The van der Waals surface area contributed by atoms with E-state index in [1.54, 1.807) is 6.07 Å². The molecule has 0 heterocycles. The van der Waals surface area contributed by atoms with E-state index in [1.165, 1.54) is 0 Å². The minimum atomic E-state index is -0.0590. The lowest BCUT2D eigenvalue weighted by Crippen LogP contribution is -2.38. The number of nitrogens with zero attached hydrogens (tertiary/aromatic N) is 1. The van der Waals surface area contributed by atoms with Crippen LogP contribution in [0.1, 0.15) is 12.5 Å². The third kappa shape index (κ3) is 5.59. The van der Waals surface area contributed by atoms with Crippen LogP contribution in [-0.2, 0) is 4.79 Å². The summed E-state index contributed by atoms with van der Waals surface area (Å²) in [6.07, 6.45) is 0. The molecule has 106 valence electrons. The number of carbonyl (C=O) groups is 1. The van der Waals surface area contributed by atoms with Crippen LogP contribution in [0.25, 0.3) is 0 Å². The molecule has 0 aromatic heterocycles. The van der Waals surface area contributed by atoms with E-state index in [1.807, 2.05) is 33.2 Å². The van der Waals surface area contributed by atoms with Gasteiger partial charge in [-0.1, -0.05) is 17.7 Å².